The maximum Gasteiger partial charge on any atom is 0.223 e. The average molecular weight is 475 g/mol. The van der Waals surface area contributed by atoms with Crippen LogP contribution in [-0.4, -0.2) is 9.97 Å². The largest absolute Gasteiger partial charge is 0.350 e. The monoisotopic (exact) mass is 473 g/mol. The molecule has 1 aromatic heterocycles. The number of nitrogens with zero attached hydrogens (tertiary/aromatic N) is 2. The lowest BCUT2D eigenvalue weighted by molar-refractivity contribution is 1.06. The van der Waals surface area contributed by atoms with Gasteiger partial charge in [0.2, 0.25) is 5.95 Å². The molecule has 30 heavy (non-hydrogen) atoms. The second-order valence-corrected chi connectivity index (χ2v) is 8.29. The standard InChI is InChI=1S/C23H15Cl4N3/c24-16-6-4-15(5-7-16)20-13-29-23(28-12-14-2-1-3-17(25)10-14)30-22(20)19-9-8-18(26)11-21(19)27/h1-11,13H,12H2,(H,28,29,30). The van der Waals surface area contributed by atoms with Crippen LogP contribution >= 0.6 is 46.4 Å². The molecule has 3 nitrogen and oxygen atoms in total. The normalized spacial score (nSPS) is 10.8. The predicted octanol–water partition coefficient (Wildman–Crippen LogP) is 8.04. The quantitative estimate of drug-likeness (QED) is 0.318. The molecule has 0 saturated carbocycles. The first-order valence-electron chi connectivity index (χ1n) is 9.06. The summed E-state index contributed by atoms with van der Waals surface area (Å²) in [4.78, 5) is 9.25. The third-order valence-electron chi connectivity index (χ3n) is 4.47. The Hall–Kier alpha value is -2.30. The number of halogens is 4. The molecule has 0 aliphatic heterocycles. The molecule has 7 heteroatoms. The zero-order valence-electron chi connectivity index (χ0n) is 15.5. The second kappa shape index (κ2) is 9.23. The van der Waals surface area contributed by atoms with E-state index in [1.165, 1.54) is 0 Å². The van der Waals surface area contributed by atoms with E-state index in [0.717, 1.165) is 22.3 Å². The van der Waals surface area contributed by atoms with E-state index < -0.39 is 0 Å². The molecule has 0 spiro atoms. The van der Waals surface area contributed by atoms with Gasteiger partial charge in [0.15, 0.2) is 0 Å². The summed E-state index contributed by atoms with van der Waals surface area (Å²) in [5.41, 5.74) is 4.26. The van der Waals surface area contributed by atoms with Crippen LogP contribution in [0.4, 0.5) is 5.95 Å². The third-order valence-corrected chi connectivity index (χ3v) is 5.50. The highest BCUT2D eigenvalue weighted by molar-refractivity contribution is 6.36. The van der Waals surface area contributed by atoms with Gasteiger partial charge in [0.25, 0.3) is 0 Å². The summed E-state index contributed by atoms with van der Waals surface area (Å²) in [7, 11) is 0. The highest BCUT2D eigenvalue weighted by Gasteiger charge is 2.15. The fraction of sp³-hybridized carbons (Fsp3) is 0.0435. The van der Waals surface area contributed by atoms with Gasteiger partial charge >= 0.3 is 0 Å². The third kappa shape index (κ3) is 4.88. The van der Waals surface area contributed by atoms with Crippen molar-refractivity contribution >= 4 is 52.4 Å². The molecular formula is C23H15Cl4N3. The Labute approximate surface area is 194 Å². The maximum atomic E-state index is 6.49. The topological polar surface area (TPSA) is 37.8 Å². The minimum absolute atomic E-state index is 0.480. The van der Waals surface area contributed by atoms with Gasteiger partial charge in [0.05, 0.1) is 10.7 Å². The molecule has 0 unspecified atom stereocenters. The van der Waals surface area contributed by atoms with Crippen molar-refractivity contribution in [2.24, 2.45) is 0 Å². The first kappa shape index (κ1) is 21.0. The van der Waals surface area contributed by atoms with Gasteiger partial charge in [-0.3, -0.25) is 0 Å². The van der Waals surface area contributed by atoms with Gasteiger partial charge in [-0.1, -0.05) is 70.7 Å². The van der Waals surface area contributed by atoms with Crippen LogP contribution in [0.25, 0.3) is 22.4 Å². The van der Waals surface area contributed by atoms with Gasteiger partial charge < -0.3 is 5.32 Å². The first-order valence-corrected chi connectivity index (χ1v) is 10.6. The molecule has 0 aliphatic carbocycles. The lowest BCUT2D eigenvalue weighted by atomic mass is 10.0. The number of hydrogen-bond donors (Lipinski definition) is 1. The van der Waals surface area contributed by atoms with Crippen LogP contribution in [0.1, 0.15) is 5.56 Å². The summed E-state index contributed by atoms with van der Waals surface area (Å²) in [6.07, 6.45) is 1.77. The molecule has 1 N–H and O–H groups in total. The van der Waals surface area contributed by atoms with Crippen molar-refractivity contribution in [2.45, 2.75) is 6.54 Å². The SMILES string of the molecule is Clc1ccc(-c2cnc(NCc3cccc(Cl)c3)nc2-c2ccc(Cl)cc2Cl)cc1. The molecule has 0 atom stereocenters. The van der Waals surface area contributed by atoms with Crippen LogP contribution < -0.4 is 5.32 Å². The number of hydrogen-bond acceptors (Lipinski definition) is 3. The molecule has 3 aromatic carbocycles. The summed E-state index contributed by atoms with van der Waals surface area (Å²) >= 11 is 24.7. The van der Waals surface area contributed by atoms with Crippen molar-refractivity contribution in [1.82, 2.24) is 9.97 Å². The smallest absolute Gasteiger partial charge is 0.223 e. The van der Waals surface area contributed by atoms with Crippen molar-refractivity contribution in [2.75, 3.05) is 5.32 Å². The van der Waals surface area contributed by atoms with Crippen LogP contribution in [0.15, 0.2) is 72.9 Å². The maximum absolute atomic E-state index is 6.49. The molecular weight excluding hydrogens is 460 g/mol. The van der Waals surface area contributed by atoms with Crippen molar-refractivity contribution in [1.29, 1.82) is 0 Å². The minimum atomic E-state index is 0.480. The number of rotatable bonds is 5. The predicted molar refractivity (Wildman–Crippen MR) is 127 cm³/mol. The highest BCUT2D eigenvalue weighted by Crippen LogP contribution is 2.36. The van der Waals surface area contributed by atoms with E-state index in [-0.39, 0.29) is 0 Å². The number of nitrogens with one attached hydrogen (secondary N) is 1. The van der Waals surface area contributed by atoms with Crippen LogP contribution in [0, 0.1) is 0 Å². The first-order chi connectivity index (χ1) is 14.5. The minimum Gasteiger partial charge on any atom is -0.350 e. The molecule has 4 aromatic rings. The van der Waals surface area contributed by atoms with E-state index >= 15 is 0 Å². The summed E-state index contributed by atoms with van der Waals surface area (Å²) in [6, 6.07) is 20.5. The van der Waals surface area contributed by atoms with Crippen molar-refractivity contribution in [3.8, 4) is 22.4 Å². The van der Waals surface area contributed by atoms with Crippen molar-refractivity contribution in [3.05, 3.63) is 98.6 Å². The van der Waals surface area contributed by atoms with E-state index in [4.69, 9.17) is 51.4 Å². The molecule has 0 amide bonds. The molecule has 1 heterocycles. The van der Waals surface area contributed by atoms with E-state index in [1.54, 1.807) is 18.3 Å². The lowest BCUT2D eigenvalue weighted by Gasteiger charge is -2.13. The molecule has 0 fully saturated rings. The lowest BCUT2D eigenvalue weighted by Crippen LogP contribution is -2.05. The van der Waals surface area contributed by atoms with Crippen LogP contribution in [0.2, 0.25) is 20.1 Å². The van der Waals surface area contributed by atoms with Gasteiger partial charge in [0.1, 0.15) is 0 Å². The van der Waals surface area contributed by atoms with E-state index in [1.807, 2.05) is 54.6 Å². The second-order valence-electron chi connectivity index (χ2n) is 6.57. The Bertz CT molecular complexity index is 1190. The molecule has 150 valence electrons. The fourth-order valence-corrected chi connectivity index (χ4v) is 3.86. The van der Waals surface area contributed by atoms with Crippen molar-refractivity contribution in [3.63, 3.8) is 0 Å². The highest BCUT2D eigenvalue weighted by atomic mass is 35.5. The van der Waals surface area contributed by atoms with Crippen molar-refractivity contribution < 1.29 is 0 Å². The zero-order chi connectivity index (χ0) is 21.1. The van der Waals surface area contributed by atoms with Gasteiger partial charge in [0, 0.05) is 38.9 Å². The Kier molecular flexibility index (Phi) is 6.45. The summed E-state index contributed by atoms with van der Waals surface area (Å²) in [5, 5.41) is 5.66. The molecule has 4 rings (SSSR count). The Morgan fingerprint density at radius 3 is 2.20 bits per heavy atom. The summed E-state index contributed by atoms with van der Waals surface area (Å²) in [5.74, 6) is 0.480. The van der Waals surface area contributed by atoms with Crippen LogP contribution in [0.3, 0.4) is 0 Å². The average Bonchev–Trinajstić information content (AvgIpc) is 2.73. The van der Waals surface area contributed by atoms with Crippen LogP contribution in [0.5, 0.6) is 0 Å². The molecule has 0 bridgehead atoms. The van der Waals surface area contributed by atoms with Crippen LogP contribution in [-0.2, 0) is 6.54 Å². The van der Waals surface area contributed by atoms with Gasteiger partial charge in [-0.05, 0) is 53.6 Å². The molecule has 0 radical (unpaired) electrons. The fourth-order valence-electron chi connectivity index (χ4n) is 3.02. The number of aromatic nitrogens is 2. The van der Waals surface area contributed by atoms with E-state index in [0.29, 0.717) is 38.3 Å². The van der Waals surface area contributed by atoms with Gasteiger partial charge in [-0.2, -0.15) is 0 Å². The van der Waals surface area contributed by atoms with Gasteiger partial charge in [-0.15, -0.1) is 0 Å². The Balaban J connectivity index is 1.74. The van der Waals surface area contributed by atoms with E-state index in [9.17, 15) is 0 Å². The van der Waals surface area contributed by atoms with E-state index in [2.05, 4.69) is 10.3 Å². The number of anilines is 1. The molecule has 0 aliphatic rings. The molecule has 0 saturated heterocycles. The van der Waals surface area contributed by atoms with Gasteiger partial charge in [-0.25, -0.2) is 9.97 Å². The summed E-state index contributed by atoms with van der Waals surface area (Å²) in [6.45, 7) is 0.536. The zero-order valence-corrected chi connectivity index (χ0v) is 18.6. The number of benzene rings is 3. The Morgan fingerprint density at radius 2 is 1.47 bits per heavy atom. The Morgan fingerprint density at radius 1 is 0.733 bits per heavy atom. The summed E-state index contributed by atoms with van der Waals surface area (Å²) < 4.78 is 0.